The maximum atomic E-state index is 11.8. The van der Waals surface area contributed by atoms with Gasteiger partial charge in [0.25, 0.3) is 5.91 Å². The number of rotatable bonds is 6. The molecule has 0 spiro atoms. The molecule has 0 aliphatic rings. The summed E-state index contributed by atoms with van der Waals surface area (Å²) < 4.78 is 4.95. The quantitative estimate of drug-likeness (QED) is 0.465. The Morgan fingerprint density at radius 2 is 2.11 bits per heavy atom. The van der Waals surface area contributed by atoms with Crippen molar-refractivity contribution in [1.82, 2.24) is 5.32 Å². The largest absolute Gasteiger partial charge is 0.452 e. The van der Waals surface area contributed by atoms with E-state index >= 15 is 0 Å². The van der Waals surface area contributed by atoms with Crippen molar-refractivity contribution in [2.45, 2.75) is 26.7 Å². The van der Waals surface area contributed by atoms with Gasteiger partial charge in [-0.1, -0.05) is 19.4 Å². The highest BCUT2D eigenvalue weighted by atomic mass is 16.5. The highest BCUT2D eigenvalue weighted by Crippen LogP contribution is 2.13. The van der Waals surface area contributed by atoms with Crippen LogP contribution in [0.2, 0.25) is 0 Å². The molecule has 19 heavy (non-hydrogen) atoms. The molecule has 5 nitrogen and oxygen atoms in total. The number of aryl methyl sites for hydroxylation is 1. The molecule has 0 fully saturated rings. The molecule has 1 rings (SSSR count). The summed E-state index contributed by atoms with van der Waals surface area (Å²) >= 11 is 0. The fourth-order valence-corrected chi connectivity index (χ4v) is 1.52. The highest BCUT2D eigenvalue weighted by Gasteiger charge is 2.12. The molecule has 5 heteroatoms. The smallest absolute Gasteiger partial charge is 0.338 e. The zero-order valence-electron chi connectivity index (χ0n) is 11.4. The van der Waals surface area contributed by atoms with Crippen LogP contribution in [0.25, 0.3) is 0 Å². The number of ether oxygens (including phenoxy) is 1. The molecule has 0 bridgehead atoms. The lowest BCUT2D eigenvalue weighted by Crippen LogP contribution is -2.29. The van der Waals surface area contributed by atoms with Crippen LogP contribution >= 0.6 is 0 Å². The maximum absolute atomic E-state index is 11.8. The van der Waals surface area contributed by atoms with Gasteiger partial charge in [-0.2, -0.15) is 0 Å². The molecule has 3 N–H and O–H groups in total. The minimum Gasteiger partial charge on any atom is -0.452 e. The molecule has 1 aromatic carbocycles. The van der Waals surface area contributed by atoms with E-state index in [2.05, 4.69) is 5.32 Å². The molecule has 0 saturated carbocycles. The van der Waals surface area contributed by atoms with Crippen molar-refractivity contribution >= 4 is 17.6 Å². The fourth-order valence-electron chi connectivity index (χ4n) is 1.52. The Labute approximate surface area is 113 Å². The van der Waals surface area contributed by atoms with Crippen molar-refractivity contribution in [2.75, 3.05) is 18.9 Å². The molecule has 1 amide bonds. The summed E-state index contributed by atoms with van der Waals surface area (Å²) in [6.45, 7) is 4.16. The van der Waals surface area contributed by atoms with Gasteiger partial charge in [0.05, 0.1) is 5.56 Å². The van der Waals surface area contributed by atoms with Crippen molar-refractivity contribution in [3.8, 4) is 0 Å². The van der Waals surface area contributed by atoms with E-state index in [0.29, 0.717) is 17.8 Å². The summed E-state index contributed by atoms with van der Waals surface area (Å²) in [5, 5.41) is 2.68. The first-order chi connectivity index (χ1) is 9.04. The molecule has 0 aliphatic heterocycles. The Balaban J connectivity index is 2.47. The first-order valence-electron chi connectivity index (χ1n) is 6.34. The van der Waals surface area contributed by atoms with Gasteiger partial charge >= 0.3 is 5.97 Å². The SMILES string of the molecule is CCCCNC(=O)COC(=O)c1cc(N)ccc1C. The van der Waals surface area contributed by atoms with Gasteiger partial charge in [0.15, 0.2) is 6.61 Å². The Kier molecular flexibility index (Phi) is 5.85. The number of carbonyl (C=O) groups excluding carboxylic acids is 2. The number of anilines is 1. The van der Waals surface area contributed by atoms with Crippen LogP contribution in [-0.4, -0.2) is 25.0 Å². The molecule has 0 atom stereocenters. The van der Waals surface area contributed by atoms with E-state index in [1.807, 2.05) is 6.92 Å². The number of nitrogen functional groups attached to an aromatic ring is 1. The molecule has 0 aliphatic carbocycles. The Hall–Kier alpha value is -2.04. The van der Waals surface area contributed by atoms with Crippen molar-refractivity contribution in [2.24, 2.45) is 0 Å². The average molecular weight is 264 g/mol. The van der Waals surface area contributed by atoms with Gasteiger partial charge in [-0.05, 0) is 31.0 Å². The van der Waals surface area contributed by atoms with Crippen LogP contribution < -0.4 is 11.1 Å². The molecule has 0 saturated heterocycles. The predicted molar refractivity (Wildman–Crippen MR) is 73.8 cm³/mol. The van der Waals surface area contributed by atoms with Gasteiger partial charge < -0.3 is 15.8 Å². The first kappa shape index (κ1) is 15.0. The van der Waals surface area contributed by atoms with Gasteiger partial charge in [-0.3, -0.25) is 4.79 Å². The number of unbranched alkanes of at least 4 members (excludes halogenated alkanes) is 1. The lowest BCUT2D eigenvalue weighted by molar-refractivity contribution is -0.124. The normalized spacial score (nSPS) is 10.0. The van der Waals surface area contributed by atoms with Crippen LogP contribution in [0, 0.1) is 6.92 Å². The van der Waals surface area contributed by atoms with Crippen molar-refractivity contribution in [3.05, 3.63) is 29.3 Å². The Morgan fingerprint density at radius 3 is 2.79 bits per heavy atom. The highest BCUT2D eigenvalue weighted by molar-refractivity contribution is 5.93. The summed E-state index contributed by atoms with van der Waals surface area (Å²) in [5.41, 5.74) is 7.27. The van der Waals surface area contributed by atoms with Crippen LogP contribution in [0.3, 0.4) is 0 Å². The van der Waals surface area contributed by atoms with Crippen molar-refractivity contribution in [1.29, 1.82) is 0 Å². The van der Waals surface area contributed by atoms with E-state index in [-0.39, 0.29) is 12.5 Å². The van der Waals surface area contributed by atoms with Gasteiger partial charge in [-0.25, -0.2) is 4.79 Å². The number of nitrogens with two attached hydrogens (primary N) is 1. The average Bonchev–Trinajstić information content (AvgIpc) is 2.39. The maximum Gasteiger partial charge on any atom is 0.338 e. The number of esters is 1. The fraction of sp³-hybridized carbons (Fsp3) is 0.429. The second-order valence-corrected chi connectivity index (χ2v) is 4.35. The van der Waals surface area contributed by atoms with Gasteiger partial charge in [0.1, 0.15) is 0 Å². The Morgan fingerprint density at radius 1 is 1.37 bits per heavy atom. The standard InChI is InChI=1S/C14H20N2O3/c1-3-4-7-16-13(17)9-19-14(18)12-8-11(15)6-5-10(12)2/h5-6,8H,3-4,7,9,15H2,1-2H3,(H,16,17). The molecular formula is C14H20N2O3. The third kappa shape index (κ3) is 4.99. The topological polar surface area (TPSA) is 81.4 Å². The molecule has 0 unspecified atom stereocenters. The van der Waals surface area contributed by atoms with Crippen molar-refractivity contribution < 1.29 is 14.3 Å². The second-order valence-electron chi connectivity index (χ2n) is 4.35. The zero-order chi connectivity index (χ0) is 14.3. The predicted octanol–water partition coefficient (Wildman–Crippen LogP) is 1.65. The molecule has 1 aromatic rings. The second kappa shape index (κ2) is 7.41. The van der Waals surface area contributed by atoms with E-state index in [9.17, 15) is 9.59 Å². The first-order valence-corrected chi connectivity index (χ1v) is 6.34. The van der Waals surface area contributed by atoms with Crippen molar-refractivity contribution in [3.63, 3.8) is 0 Å². The Bertz CT molecular complexity index is 458. The summed E-state index contributed by atoms with van der Waals surface area (Å²) in [7, 11) is 0. The zero-order valence-corrected chi connectivity index (χ0v) is 11.4. The minimum atomic E-state index is -0.532. The number of benzene rings is 1. The van der Waals surface area contributed by atoms with Gasteiger partial charge in [0.2, 0.25) is 0 Å². The van der Waals surface area contributed by atoms with E-state index in [1.165, 1.54) is 0 Å². The summed E-state index contributed by atoms with van der Waals surface area (Å²) in [4.78, 5) is 23.2. The van der Waals surface area contributed by atoms with Crippen LogP contribution in [0.4, 0.5) is 5.69 Å². The van der Waals surface area contributed by atoms with E-state index < -0.39 is 5.97 Å². The number of carbonyl (C=O) groups is 2. The van der Waals surface area contributed by atoms with Gasteiger partial charge in [-0.15, -0.1) is 0 Å². The third-order valence-electron chi connectivity index (χ3n) is 2.67. The molecule has 0 aromatic heterocycles. The summed E-state index contributed by atoms with van der Waals surface area (Å²) in [6.07, 6.45) is 1.91. The number of amides is 1. The van der Waals surface area contributed by atoms with Crippen LogP contribution in [-0.2, 0) is 9.53 Å². The number of nitrogens with one attached hydrogen (secondary N) is 1. The van der Waals surface area contributed by atoms with E-state index in [0.717, 1.165) is 18.4 Å². The van der Waals surface area contributed by atoms with E-state index in [4.69, 9.17) is 10.5 Å². The molecular weight excluding hydrogens is 244 g/mol. The molecule has 104 valence electrons. The lowest BCUT2D eigenvalue weighted by atomic mass is 10.1. The van der Waals surface area contributed by atoms with Crippen LogP contribution in [0.1, 0.15) is 35.7 Å². The summed E-state index contributed by atoms with van der Waals surface area (Å²) in [6, 6.07) is 5.00. The van der Waals surface area contributed by atoms with E-state index in [1.54, 1.807) is 25.1 Å². The molecule has 0 radical (unpaired) electrons. The number of hydrogen-bond donors (Lipinski definition) is 2. The van der Waals surface area contributed by atoms with Gasteiger partial charge in [0, 0.05) is 12.2 Å². The number of hydrogen-bond acceptors (Lipinski definition) is 4. The summed E-state index contributed by atoms with van der Waals surface area (Å²) in [5.74, 6) is -0.821. The van der Waals surface area contributed by atoms with Crippen LogP contribution in [0.15, 0.2) is 18.2 Å². The minimum absolute atomic E-state index is 0.267. The third-order valence-corrected chi connectivity index (χ3v) is 2.67. The van der Waals surface area contributed by atoms with Crippen LogP contribution in [0.5, 0.6) is 0 Å². The molecule has 0 heterocycles. The monoisotopic (exact) mass is 264 g/mol. The lowest BCUT2D eigenvalue weighted by Gasteiger charge is -2.08.